The molecule has 0 fully saturated rings. The Kier molecular flexibility index (Phi) is 4.14. The molecule has 0 saturated carbocycles. The summed E-state index contributed by atoms with van der Waals surface area (Å²) in [7, 11) is 3.93. The summed E-state index contributed by atoms with van der Waals surface area (Å²) in [4.78, 5) is 4.41. The normalized spacial score (nSPS) is 12.7. The summed E-state index contributed by atoms with van der Waals surface area (Å²) in [5, 5.41) is 7.62. The molecule has 2 aromatic rings. The SMILES string of the molecule is CNC(Cc1ccc(Br)cn1)c1cnn(C)c1C. The van der Waals surface area contributed by atoms with E-state index in [0.29, 0.717) is 0 Å². The smallest absolute Gasteiger partial charge is 0.0540 e. The number of hydrogen-bond acceptors (Lipinski definition) is 3. The van der Waals surface area contributed by atoms with E-state index in [9.17, 15) is 0 Å². The Balaban J connectivity index is 2.19. The Morgan fingerprint density at radius 1 is 1.39 bits per heavy atom. The van der Waals surface area contributed by atoms with Gasteiger partial charge in [-0.1, -0.05) is 0 Å². The molecule has 0 aliphatic heterocycles. The van der Waals surface area contributed by atoms with Gasteiger partial charge in [-0.25, -0.2) is 0 Å². The van der Waals surface area contributed by atoms with Crippen molar-refractivity contribution in [1.29, 1.82) is 0 Å². The van der Waals surface area contributed by atoms with Crippen LogP contribution < -0.4 is 5.32 Å². The molecule has 0 aromatic carbocycles. The molecule has 0 aliphatic rings. The maximum Gasteiger partial charge on any atom is 0.0540 e. The van der Waals surface area contributed by atoms with Crippen LogP contribution in [-0.2, 0) is 13.5 Å². The fourth-order valence-corrected chi connectivity index (χ4v) is 2.20. The van der Waals surface area contributed by atoms with Crippen LogP contribution in [0.3, 0.4) is 0 Å². The summed E-state index contributed by atoms with van der Waals surface area (Å²) in [6.07, 6.45) is 4.61. The maximum atomic E-state index is 4.41. The van der Waals surface area contributed by atoms with Crippen LogP contribution in [0.25, 0.3) is 0 Å². The van der Waals surface area contributed by atoms with Crippen LogP contribution in [0.1, 0.15) is 23.0 Å². The van der Waals surface area contributed by atoms with E-state index in [1.807, 2.05) is 43.3 Å². The van der Waals surface area contributed by atoms with E-state index in [2.05, 4.69) is 38.3 Å². The highest BCUT2D eigenvalue weighted by Gasteiger charge is 2.15. The Morgan fingerprint density at radius 2 is 2.17 bits per heavy atom. The number of aryl methyl sites for hydroxylation is 1. The van der Waals surface area contributed by atoms with Crippen molar-refractivity contribution in [3.05, 3.63) is 46.0 Å². The lowest BCUT2D eigenvalue weighted by atomic mass is 10.0. The first-order chi connectivity index (χ1) is 8.61. The first-order valence-electron chi connectivity index (χ1n) is 5.88. The molecule has 5 heteroatoms. The molecular formula is C13H17BrN4. The highest BCUT2D eigenvalue weighted by Crippen LogP contribution is 2.20. The maximum absolute atomic E-state index is 4.41. The van der Waals surface area contributed by atoms with Gasteiger partial charge in [0.05, 0.1) is 6.20 Å². The first-order valence-corrected chi connectivity index (χ1v) is 6.67. The van der Waals surface area contributed by atoms with E-state index in [1.165, 1.54) is 11.3 Å². The third-order valence-corrected chi connectivity index (χ3v) is 3.67. The Labute approximate surface area is 116 Å². The van der Waals surface area contributed by atoms with Crippen molar-refractivity contribution in [2.75, 3.05) is 7.05 Å². The summed E-state index contributed by atoms with van der Waals surface area (Å²) in [5.41, 5.74) is 3.48. The third-order valence-electron chi connectivity index (χ3n) is 3.20. The molecular weight excluding hydrogens is 292 g/mol. The van der Waals surface area contributed by atoms with Crippen LogP contribution in [0, 0.1) is 6.92 Å². The van der Waals surface area contributed by atoms with Gasteiger partial charge in [-0.3, -0.25) is 9.67 Å². The second-order valence-electron chi connectivity index (χ2n) is 4.32. The van der Waals surface area contributed by atoms with Crippen molar-refractivity contribution in [2.24, 2.45) is 7.05 Å². The van der Waals surface area contributed by atoms with E-state index in [4.69, 9.17) is 0 Å². The standard InChI is InChI=1S/C13H17BrN4/c1-9-12(8-17-18(9)3)13(15-2)6-11-5-4-10(14)7-16-11/h4-5,7-8,13,15H,6H2,1-3H3. The van der Waals surface area contributed by atoms with E-state index >= 15 is 0 Å². The van der Waals surface area contributed by atoms with Gasteiger partial charge < -0.3 is 5.32 Å². The average Bonchev–Trinajstić information content (AvgIpc) is 2.70. The van der Waals surface area contributed by atoms with Gasteiger partial charge in [0.2, 0.25) is 0 Å². The number of hydrogen-bond donors (Lipinski definition) is 1. The van der Waals surface area contributed by atoms with Crippen molar-refractivity contribution in [3.8, 4) is 0 Å². The van der Waals surface area contributed by atoms with Gasteiger partial charge in [0.25, 0.3) is 0 Å². The van der Waals surface area contributed by atoms with Gasteiger partial charge in [-0.05, 0) is 42.0 Å². The predicted molar refractivity (Wildman–Crippen MR) is 75.4 cm³/mol. The fourth-order valence-electron chi connectivity index (χ4n) is 1.96. The monoisotopic (exact) mass is 308 g/mol. The van der Waals surface area contributed by atoms with Crippen molar-refractivity contribution < 1.29 is 0 Å². The second-order valence-corrected chi connectivity index (χ2v) is 5.24. The zero-order valence-electron chi connectivity index (χ0n) is 10.8. The van der Waals surface area contributed by atoms with E-state index in [0.717, 1.165) is 16.6 Å². The van der Waals surface area contributed by atoms with E-state index < -0.39 is 0 Å². The van der Waals surface area contributed by atoms with Crippen LogP contribution >= 0.6 is 15.9 Å². The van der Waals surface area contributed by atoms with Gasteiger partial charge >= 0.3 is 0 Å². The molecule has 0 aliphatic carbocycles. The Bertz CT molecular complexity index is 518. The minimum absolute atomic E-state index is 0.243. The van der Waals surface area contributed by atoms with Crippen molar-refractivity contribution in [3.63, 3.8) is 0 Å². The van der Waals surface area contributed by atoms with Crippen LogP contribution in [-0.4, -0.2) is 21.8 Å². The molecule has 18 heavy (non-hydrogen) atoms. The summed E-state index contributed by atoms with van der Waals surface area (Å²) < 4.78 is 2.90. The van der Waals surface area contributed by atoms with Crippen molar-refractivity contribution >= 4 is 15.9 Å². The topological polar surface area (TPSA) is 42.7 Å². The number of nitrogens with one attached hydrogen (secondary N) is 1. The molecule has 2 aromatic heterocycles. The van der Waals surface area contributed by atoms with Crippen molar-refractivity contribution in [2.45, 2.75) is 19.4 Å². The van der Waals surface area contributed by atoms with E-state index in [-0.39, 0.29) is 6.04 Å². The average molecular weight is 309 g/mol. The van der Waals surface area contributed by atoms with Gasteiger partial charge in [-0.15, -0.1) is 0 Å². The van der Waals surface area contributed by atoms with Crippen molar-refractivity contribution in [1.82, 2.24) is 20.1 Å². The first kappa shape index (κ1) is 13.2. The molecule has 0 radical (unpaired) electrons. The molecule has 1 unspecified atom stereocenters. The zero-order valence-corrected chi connectivity index (χ0v) is 12.4. The van der Waals surface area contributed by atoms with Gasteiger partial charge in [0, 0.05) is 47.1 Å². The number of nitrogens with zero attached hydrogens (tertiary/aromatic N) is 3. The molecule has 0 bridgehead atoms. The molecule has 2 rings (SSSR count). The summed E-state index contributed by atoms with van der Waals surface area (Å²) in [6, 6.07) is 4.30. The molecule has 96 valence electrons. The second kappa shape index (κ2) is 5.63. The predicted octanol–water partition coefficient (Wildman–Crippen LogP) is 2.39. The minimum atomic E-state index is 0.243. The van der Waals surface area contributed by atoms with Gasteiger partial charge in [-0.2, -0.15) is 5.10 Å². The quantitative estimate of drug-likeness (QED) is 0.943. The number of halogens is 1. The summed E-state index contributed by atoms with van der Waals surface area (Å²) in [6.45, 7) is 2.09. The molecule has 0 amide bonds. The highest BCUT2D eigenvalue weighted by atomic mass is 79.9. The molecule has 0 spiro atoms. The number of pyridine rings is 1. The molecule has 1 atom stereocenters. The number of aromatic nitrogens is 3. The lowest BCUT2D eigenvalue weighted by molar-refractivity contribution is 0.579. The van der Waals surface area contributed by atoms with Crippen LogP contribution in [0.4, 0.5) is 0 Å². The molecule has 4 nitrogen and oxygen atoms in total. The van der Waals surface area contributed by atoms with Gasteiger partial charge in [0.1, 0.15) is 0 Å². The van der Waals surface area contributed by atoms with Crippen LogP contribution in [0.5, 0.6) is 0 Å². The number of likely N-dealkylation sites (N-methyl/N-ethyl adjacent to an activating group) is 1. The summed E-state index contributed by atoms with van der Waals surface area (Å²) >= 11 is 3.40. The molecule has 1 N–H and O–H groups in total. The molecule has 0 saturated heterocycles. The largest absolute Gasteiger partial charge is 0.313 e. The lowest BCUT2D eigenvalue weighted by Gasteiger charge is -2.15. The van der Waals surface area contributed by atoms with Gasteiger partial charge in [0.15, 0.2) is 0 Å². The summed E-state index contributed by atoms with van der Waals surface area (Å²) in [5.74, 6) is 0. The van der Waals surface area contributed by atoms with E-state index in [1.54, 1.807) is 0 Å². The Morgan fingerprint density at radius 3 is 2.67 bits per heavy atom. The third kappa shape index (κ3) is 2.79. The number of rotatable bonds is 4. The fraction of sp³-hybridized carbons (Fsp3) is 0.385. The highest BCUT2D eigenvalue weighted by molar-refractivity contribution is 9.10. The van der Waals surface area contributed by atoms with Crippen LogP contribution in [0.15, 0.2) is 29.0 Å². The minimum Gasteiger partial charge on any atom is -0.313 e. The zero-order chi connectivity index (χ0) is 13.1. The lowest BCUT2D eigenvalue weighted by Crippen LogP contribution is -2.20. The van der Waals surface area contributed by atoms with Crippen LogP contribution in [0.2, 0.25) is 0 Å². The Hall–Kier alpha value is -1.20. The molecule has 2 heterocycles.